The molecule has 1 atom stereocenters. The van der Waals surface area contributed by atoms with Crippen LogP contribution in [0.1, 0.15) is 39.4 Å². The number of aromatic hydroxyl groups is 3. The van der Waals surface area contributed by atoms with Crippen molar-refractivity contribution >= 4 is 17.8 Å². The van der Waals surface area contributed by atoms with Crippen LogP contribution < -0.4 is 4.74 Å². The van der Waals surface area contributed by atoms with Crippen LogP contribution in [0.15, 0.2) is 66.7 Å². The van der Waals surface area contributed by atoms with E-state index in [2.05, 4.69) is 0 Å². The van der Waals surface area contributed by atoms with Gasteiger partial charge in [0.2, 0.25) is 0 Å². The molecule has 0 saturated carbocycles. The molecule has 1 heterocycles. The summed E-state index contributed by atoms with van der Waals surface area (Å²) in [4.78, 5) is 25.1. The van der Waals surface area contributed by atoms with E-state index < -0.39 is 23.4 Å². The van der Waals surface area contributed by atoms with Gasteiger partial charge < -0.3 is 20.1 Å². The van der Waals surface area contributed by atoms with E-state index in [0.29, 0.717) is 11.1 Å². The highest BCUT2D eigenvalue weighted by Crippen LogP contribution is 2.48. The number of rotatable bonds is 4. The Bertz CT molecular complexity index is 1150. The van der Waals surface area contributed by atoms with Crippen molar-refractivity contribution in [3.05, 3.63) is 89.0 Å². The molecule has 3 aromatic rings. The minimum Gasteiger partial charge on any atom is -0.508 e. The summed E-state index contributed by atoms with van der Waals surface area (Å²) in [6.45, 7) is 0. The zero-order chi connectivity index (χ0) is 21.3. The van der Waals surface area contributed by atoms with Crippen LogP contribution in [0.2, 0.25) is 0 Å². The molecule has 1 aliphatic rings. The molecule has 30 heavy (non-hydrogen) atoms. The molecule has 6 nitrogen and oxygen atoms in total. The molecule has 6 heteroatoms. The molecule has 0 saturated heterocycles. The SMILES string of the molecule is O=C1CC(c2ccccc2)c2c(O)cc(O)c(C(=O)/C=C/c3ccc(O)cc3)c2O1. The monoisotopic (exact) mass is 402 g/mol. The zero-order valence-corrected chi connectivity index (χ0v) is 15.8. The number of allylic oxidation sites excluding steroid dienone is 1. The number of esters is 1. The lowest BCUT2D eigenvalue weighted by Gasteiger charge is -2.27. The fourth-order valence-electron chi connectivity index (χ4n) is 3.56. The number of phenolic OH excluding ortho intramolecular Hbond substituents is 3. The van der Waals surface area contributed by atoms with Gasteiger partial charge >= 0.3 is 5.97 Å². The molecule has 0 amide bonds. The standard InChI is InChI=1S/C24H18O6/c25-16-9-6-14(7-10-16)8-11-18(26)23-20(28)13-19(27)22-17(12-21(29)30-24(22)23)15-4-2-1-3-5-15/h1-11,13,17,25,27-28H,12H2/b11-8+. The van der Waals surface area contributed by atoms with Gasteiger partial charge in [-0.1, -0.05) is 48.5 Å². The third-order valence-electron chi connectivity index (χ3n) is 4.98. The number of hydrogen-bond acceptors (Lipinski definition) is 6. The van der Waals surface area contributed by atoms with Gasteiger partial charge in [0.1, 0.15) is 22.8 Å². The summed E-state index contributed by atoms with van der Waals surface area (Å²) in [6, 6.07) is 16.4. The lowest BCUT2D eigenvalue weighted by Crippen LogP contribution is -2.23. The van der Waals surface area contributed by atoms with Gasteiger partial charge in [0, 0.05) is 17.5 Å². The normalized spacial score (nSPS) is 15.6. The van der Waals surface area contributed by atoms with Gasteiger partial charge in [-0.25, -0.2) is 0 Å². The molecule has 4 rings (SSSR count). The number of phenols is 3. The maximum absolute atomic E-state index is 12.9. The first kappa shape index (κ1) is 19.3. The van der Waals surface area contributed by atoms with Crippen molar-refractivity contribution in [3.63, 3.8) is 0 Å². The quantitative estimate of drug-likeness (QED) is 0.262. The van der Waals surface area contributed by atoms with Gasteiger partial charge in [0.15, 0.2) is 11.5 Å². The van der Waals surface area contributed by atoms with Crippen LogP contribution in [0.25, 0.3) is 6.08 Å². The van der Waals surface area contributed by atoms with E-state index in [-0.39, 0.29) is 29.2 Å². The Balaban J connectivity index is 1.79. The molecule has 0 spiro atoms. The van der Waals surface area contributed by atoms with Crippen molar-refractivity contribution in [2.45, 2.75) is 12.3 Å². The molecular weight excluding hydrogens is 384 g/mol. The molecular formula is C24H18O6. The molecule has 0 fully saturated rings. The van der Waals surface area contributed by atoms with Gasteiger partial charge in [-0.3, -0.25) is 9.59 Å². The second kappa shape index (κ2) is 7.75. The molecule has 1 aliphatic heterocycles. The Morgan fingerprint density at radius 1 is 0.967 bits per heavy atom. The van der Waals surface area contributed by atoms with Crippen molar-refractivity contribution < 1.29 is 29.6 Å². The van der Waals surface area contributed by atoms with Gasteiger partial charge in [0.25, 0.3) is 0 Å². The van der Waals surface area contributed by atoms with E-state index in [1.165, 1.54) is 24.3 Å². The van der Waals surface area contributed by atoms with Crippen molar-refractivity contribution in [2.75, 3.05) is 0 Å². The van der Waals surface area contributed by atoms with Gasteiger partial charge in [-0.15, -0.1) is 0 Å². The summed E-state index contributed by atoms with van der Waals surface area (Å²) in [6.07, 6.45) is 2.75. The molecule has 0 bridgehead atoms. The number of ketones is 1. The van der Waals surface area contributed by atoms with Crippen LogP contribution >= 0.6 is 0 Å². The van der Waals surface area contributed by atoms with E-state index in [9.17, 15) is 24.9 Å². The smallest absolute Gasteiger partial charge is 0.312 e. The highest BCUT2D eigenvalue weighted by molar-refractivity contribution is 6.11. The Morgan fingerprint density at radius 3 is 2.37 bits per heavy atom. The van der Waals surface area contributed by atoms with Crippen molar-refractivity contribution in [3.8, 4) is 23.0 Å². The highest BCUT2D eigenvalue weighted by atomic mass is 16.5. The largest absolute Gasteiger partial charge is 0.508 e. The van der Waals surface area contributed by atoms with Crippen molar-refractivity contribution in [1.82, 2.24) is 0 Å². The Kier molecular flexibility index (Phi) is 4.98. The van der Waals surface area contributed by atoms with Gasteiger partial charge in [-0.05, 0) is 29.3 Å². The van der Waals surface area contributed by atoms with Crippen LogP contribution in [0.3, 0.4) is 0 Å². The van der Waals surface area contributed by atoms with Gasteiger partial charge in [0.05, 0.1) is 6.42 Å². The predicted octanol–water partition coefficient (Wildman–Crippen LogP) is 4.14. The first-order valence-electron chi connectivity index (χ1n) is 9.30. The summed E-state index contributed by atoms with van der Waals surface area (Å²) in [5.74, 6) is -2.40. The number of carbonyl (C=O) groups excluding carboxylic acids is 2. The molecule has 1 unspecified atom stereocenters. The Morgan fingerprint density at radius 2 is 1.67 bits per heavy atom. The summed E-state index contributed by atoms with van der Waals surface area (Å²) in [5, 5.41) is 30.2. The zero-order valence-electron chi connectivity index (χ0n) is 15.8. The summed E-state index contributed by atoms with van der Waals surface area (Å²) >= 11 is 0. The molecule has 3 aromatic carbocycles. The molecule has 150 valence electrons. The summed E-state index contributed by atoms with van der Waals surface area (Å²) < 4.78 is 5.32. The third-order valence-corrected chi connectivity index (χ3v) is 4.98. The second-order valence-electron chi connectivity index (χ2n) is 6.96. The minimum atomic E-state index is -0.585. The van der Waals surface area contributed by atoms with E-state index in [1.54, 1.807) is 12.1 Å². The lowest BCUT2D eigenvalue weighted by molar-refractivity contribution is -0.135. The third kappa shape index (κ3) is 3.63. The Labute approximate surface area is 172 Å². The average molecular weight is 402 g/mol. The Hall–Kier alpha value is -4.06. The van der Waals surface area contributed by atoms with Crippen molar-refractivity contribution in [1.29, 1.82) is 0 Å². The van der Waals surface area contributed by atoms with Crippen molar-refractivity contribution in [2.24, 2.45) is 0 Å². The van der Waals surface area contributed by atoms with E-state index in [1.807, 2.05) is 30.3 Å². The molecule has 0 aliphatic carbocycles. The average Bonchev–Trinajstić information content (AvgIpc) is 2.73. The van der Waals surface area contributed by atoms with Gasteiger partial charge in [-0.2, -0.15) is 0 Å². The first-order valence-corrected chi connectivity index (χ1v) is 9.30. The predicted molar refractivity (Wildman–Crippen MR) is 110 cm³/mol. The van der Waals surface area contributed by atoms with E-state index in [4.69, 9.17) is 4.74 Å². The number of benzene rings is 3. The summed E-state index contributed by atoms with van der Waals surface area (Å²) in [5.41, 5.74) is 1.55. The maximum Gasteiger partial charge on any atom is 0.312 e. The van der Waals surface area contributed by atoms with E-state index in [0.717, 1.165) is 11.6 Å². The van der Waals surface area contributed by atoms with Crippen LogP contribution in [0.5, 0.6) is 23.0 Å². The van der Waals surface area contributed by atoms with Crippen LogP contribution in [0.4, 0.5) is 0 Å². The summed E-state index contributed by atoms with van der Waals surface area (Å²) in [7, 11) is 0. The first-order chi connectivity index (χ1) is 14.4. The minimum absolute atomic E-state index is 0.00628. The van der Waals surface area contributed by atoms with Crippen LogP contribution in [-0.4, -0.2) is 27.1 Å². The topological polar surface area (TPSA) is 104 Å². The lowest BCUT2D eigenvalue weighted by atomic mass is 9.84. The fourth-order valence-corrected chi connectivity index (χ4v) is 3.56. The molecule has 3 N–H and O–H groups in total. The fraction of sp³-hybridized carbons (Fsp3) is 0.0833. The number of hydrogen-bond donors (Lipinski definition) is 3. The number of ether oxygens (including phenoxy) is 1. The number of carbonyl (C=O) groups is 2. The molecule has 0 radical (unpaired) electrons. The second-order valence-corrected chi connectivity index (χ2v) is 6.96. The maximum atomic E-state index is 12.9. The highest BCUT2D eigenvalue weighted by Gasteiger charge is 2.35. The van der Waals surface area contributed by atoms with E-state index >= 15 is 0 Å². The van der Waals surface area contributed by atoms with Crippen LogP contribution in [-0.2, 0) is 4.79 Å². The van der Waals surface area contributed by atoms with Crippen LogP contribution in [0, 0.1) is 0 Å². The number of fused-ring (bicyclic) bond motifs is 1. The molecule has 0 aromatic heterocycles.